The van der Waals surface area contributed by atoms with Crippen LogP contribution in [-0.2, 0) is 14.3 Å². The fourth-order valence-electron chi connectivity index (χ4n) is 2.73. The average molecular weight is 360 g/mol. The minimum absolute atomic E-state index is 0.191. The molecule has 24 heavy (non-hydrogen) atoms. The highest BCUT2D eigenvalue weighted by Crippen LogP contribution is 2.44. The molecule has 5 nitrogen and oxygen atoms in total. The monoisotopic (exact) mass is 360 g/mol. The predicted molar refractivity (Wildman–Crippen MR) is 99.7 cm³/mol. The normalized spacial score (nSPS) is 20.1. The summed E-state index contributed by atoms with van der Waals surface area (Å²) in [5.74, 6) is -0.427. The standard InChI is InChI=1S/C17H16N2O3S2/c1-3-8-18-12-7-5-4-6-11(12)13(15(18)20)14-16(21)19(9-10-22-2)17(23)24-14/h3-7H,1,8-10H2,2H3/b14-13-. The molecule has 2 aliphatic heterocycles. The van der Waals surface area contributed by atoms with E-state index in [0.29, 0.717) is 34.5 Å². The summed E-state index contributed by atoms with van der Waals surface area (Å²) in [7, 11) is 1.57. The Hall–Kier alpha value is -1.96. The smallest absolute Gasteiger partial charge is 0.267 e. The number of benzene rings is 1. The van der Waals surface area contributed by atoms with Gasteiger partial charge in [0.25, 0.3) is 11.8 Å². The Bertz CT molecular complexity index is 773. The Kier molecular flexibility index (Phi) is 4.84. The molecule has 124 valence electrons. The first-order chi connectivity index (χ1) is 11.6. The highest BCUT2D eigenvalue weighted by Gasteiger charge is 2.41. The van der Waals surface area contributed by atoms with Crippen molar-refractivity contribution in [2.24, 2.45) is 0 Å². The van der Waals surface area contributed by atoms with E-state index in [1.54, 1.807) is 18.1 Å². The van der Waals surface area contributed by atoms with Crippen LogP contribution < -0.4 is 4.90 Å². The van der Waals surface area contributed by atoms with Crippen molar-refractivity contribution in [1.82, 2.24) is 4.90 Å². The Morgan fingerprint density at radius 1 is 1.25 bits per heavy atom. The SMILES string of the molecule is C=CCN1C(=O)/C(=C2\SC(=S)N(CCOC)C2=O)c2ccccc21. The van der Waals surface area contributed by atoms with Gasteiger partial charge in [0.05, 0.1) is 29.3 Å². The number of carbonyl (C=O) groups excluding carboxylic acids is 2. The number of ether oxygens (including phenoxy) is 1. The van der Waals surface area contributed by atoms with Crippen molar-refractivity contribution in [2.45, 2.75) is 0 Å². The first kappa shape index (κ1) is 16.9. The van der Waals surface area contributed by atoms with E-state index in [0.717, 1.165) is 11.3 Å². The van der Waals surface area contributed by atoms with Crippen molar-refractivity contribution in [2.75, 3.05) is 31.7 Å². The van der Waals surface area contributed by atoms with Gasteiger partial charge >= 0.3 is 0 Å². The Labute approximate surface area is 149 Å². The number of rotatable bonds is 5. The van der Waals surface area contributed by atoms with Crippen LogP contribution in [0.1, 0.15) is 5.56 Å². The first-order valence-corrected chi connectivity index (χ1v) is 8.61. The maximum Gasteiger partial charge on any atom is 0.267 e. The number of fused-ring (bicyclic) bond motifs is 1. The van der Waals surface area contributed by atoms with Crippen LogP contribution in [0, 0.1) is 0 Å². The molecule has 2 amide bonds. The number of thiocarbonyl (C=S) groups is 1. The number of carbonyl (C=O) groups is 2. The molecule has 1 aromatic carbocycles. The van der Waals surface area contributed by atoms with Gasteiger partial charge in [0.2, 0.25) is 0 Å². The van der Waals surface area contributed by atoms with Crippen LogP contribution in [0.25, 0.3) is 5.57 Å². The second kappa shape index (κ2) is 6.88. The molecule has 1 fully saturated rings. The van der Waals surface area contributed by atoms with Crippen LogP contribution in [-0.4, -0.2) is 47.8 Å². The van der Waals surface area contributed by atoms with Gasteiger partial charge in [-0.15, -0.1) is 6.58 Å². The van der Waals surface area contributed by atoms with Crippen LogP contribution in [0.15, 0.2) is 41.8 Å². The summed E-state index contributed by atoms with van der Waals surface area (Å²) in [5, 5.41) is 0. The van der Waals surface area contributed by atoms with Gasteiger partial charge in [-0.2, -0.15) is 0 Å². The van der Waals surface area contributed by atoms with Crippen LogP contribution in [0.2, 0.25) is 0 Å². The number of amides is 2. The summed E-state index contributed by atoms with van der Waals surface area (Å²) in [6, 6.07) is 7.45. The topological polar surface area (TPSA) is 49.9 Å². The minimum atomic E-state index is -0.236. The lowest BCUT2D eigenvalue weighted by Crippen LogP contribution is -2.32. The number of anilines is 1. The number of nitrogens with zero attached hydrogens (tertiary/aromatic N) is 2. The fourth-order valence-corrected chi connectivity index (χ4v) is 4.11. The molecule has 0 atom stereocenters. The van der Waals surface area contributed by atoms with Gasteiger partial charge in [-0.3, -0.25) is 14.5 Å². The van der Waals surface area contributed by atoms with Gasteiger partial charge in [-0.05, 0) is 6.07 Å². The number of methoxy groups -OCH3 is 1. The third kappa shape index (κ3) is 2.68. The van der Waals surface area contributed by atoms with Crippen LogP contribution in [0.4, 0.5) is 5.69 Å². The molecular weight excluding hydrogens is 344 g/mol. The van der Waals surface area contributed by atoms with Gasteiger partial charge in [0.15, 0.2) is 0 Å². The molecule has 1 aromatic rings. The lowest BCUT2D eigenvalue weighted by atomic mass is 10.1. The number of hydrogen-bond acceptors (Lipinski definition) is 5. The van der Waals surface area contributed by atoms with Gasteiger partial charge < -0.3 is 9.64 Å². The lowest BCUT2D eigenvalue weighted by molar-refractivity contribution is -0.122. The lowest BCUT2D eigenvalue weighted by Gasteiger charge is -2.14. The summed E-state index contributed by atoms with van der Waals surface area (Å²) in [4.78, 5) is 29.1. The number of thioether (sulfide) groups is 1. The molecule has 0 spiro atoms. The molecule has 0 bridgehead atoms. The third-order valence-electron chi connectivity index (χ3n) is 3.83. The van der Waals surface area contributed by atoms with Gasteiger partial charge in [-0.25, -0.2) is 0 Å². The van der Waals surface area contributed by atoms with E-state index in [1.165, 1.54) is 16.7 Å². The highest BCUT2D eigenvalue weighted by molar-refractivity contribution is 8.26. The molecule has 1 saturated heterocycles. The highest BCUT2D eigenvalue weighted by atomic mass is 32.2. The fraction of sp³-hybridized carbons (Fsp3) is 0.235. The molecule has 3 rings (SSSR count). The second-order valence-corrected chi connectivity index (χ2v) is 6.89. The average Bonchev–Trinajstić information content (AvgIpc) is 3.01. The maximum absolute atomic E-state index is 12.9. The van der Waals surface area contributed by atoms with Crippen molar-refractivity contribution in [1.29, 1.82) is 0 Å². The van der Waals surface area contributed by atoms with Crippen molar-refractivity contribution in [3.63, 3.8) is 0 Å². The molecule has 2 aliphatic rings. The van der Waals surface area contributed by atoms with Gasteiger partial charge in [0.1, 0.15) is 4.32 Å². The summed E-state index contributed by atoms with van der Waals surface area (Å²) in [6.07, 6.45) is 1.67. The summed E-state index contributed by atoms with van der Waals surface area (Å²) < 4.78 is 5.47. The maximum atomic E-state index is 12.9. The van der Waals surface area contributed by atoms with E-state index >= 15 is 0 Å². The molecule has 0 saturated carbocycles. The number of para-hydroxylation sites is 1. The van der Waals surface area contributed by atoms with Gasteiger partial charge in [-0.1, -0.05) is 48.3 Å². The summed E-state index contributed by atoms with van der Waals surface area (Å²) in [6.45, 7) is 4.86. The van der Waals surface area contributed by atoms with E-state index in [4.69, 9.17) is 17.0 Å². The molecule has 0 unspecified atom stereocenters. The predicted octanol–water partition coefficient (Wildman–Crippen LogP) is 2.44. The molecule has 2 heterocycles. The van der Waals surface area contributed by atoms with Gasteiger partial charge in [0, 0.05) is 19.2 Å². The van der Waals surface area contributed by atoms with E-state index in [1.807, 2.05) is 24.3 Å². The first-order valence-electron chi connectivity index (χ1n) is 7.39. The zero-order valence-corrected chi connectivity index (χ0v) is 14.8. The molecule has 0 aliphatic carbocycles. The Morgan fingerprint density at radius 2 is 2.00 bits per heavy atom. The van der Waals surface area contributed by atoms with E-state index in [2.05, 4.69) is 6.58 Å². The molecule has 7 heteroatoms. The van der Waals surface area contributed by atoms with Crippen LogP contribution in [0.5, 0.6) is 0 Å². The van der Waals surface area contributed by atoms with E-state index in [9.17, 15) is 9.59 Å². The minimum Gasteiger partial charge on any atom is -0.383 e. The zero-order chi connectivity index (χ0) is 17.3. The van der Waals surface area contributed by atoms with Crippen molar-refractivity contribution >= 4 is 51.4 Å². The molecule has 0 aromatic heterocycles. The van der Waals surface area contributed by atoms with Crippen LogP contribution in [0.3, 0.4) is 0 Å². The van der Waals surface area contributed by atoms with Crippen molar-refractivity contribution in [3.8, 4) is 0 Å². The van der Waals surface area contributed by atoms with Crippen LogP contribution >= 0.6 is 24.0 Å². The summed E-state index contributed by atoms with van der Waals surface area (Å²) >= 11 is 6.47. The molecular formula is C17H16N2O3S2. The molecule has 0 radical (unpaired) electrons. The van der Waals surface area contributed by atoms with Crippen molar-refractivity contribution < 1.29 is 14.3 Å². The van der Waals surface area contributed by atoms with Crippen molar-refractivity contribution in [3.05, 3.63) is 47.4 Å². The quantitative estimate of drug-likeness (QED) is 0.459. The van der Waals surface area contributed by atoms with E-state index in [-0.39, 0.29) is 11.8 Å². The summed E-state index contributed by atoms with van der Waals surface area (Å²) in [5.41, 5.74) is 1.97. The van der Waals surface area contributed by atoms with E-state index < -0.39 is 0 Å². The second-order valence-electron chi connectivity index (χ2n) is 5.24. The number of hydrogen-bond donors (Lipinski definition) is 0. The molecule has 0 N–H and O–H groups in total. The Balaban J connectivity index is 2.06. The largest absolute Gasteiger partial charge is 0.383 e. The Morgan fingerprint density at radius 3 is 2.71 bits per heavy atom. The zero-order valence-electron chi connectivity index (χ0n) is 13.2. The third-order valence-corrected chi connectivity index (χ3v) is 5.28.